The minimum Gasteiger partial charge on any atom is -0.493 e. The summed E-state index contributed by atoms with van der Waals surface area (Å²) in [7, 11) is 0. The summed E-state index contributed by atoms with van der Waals surface area (Å²) in [5.41, 5.74) is 8.16. The Morgan fingerprint density at radius 2 is 1.96 bits per heavy atom. The van der Waals surface area contributed by atoms with Gasteiger partial charge in [0.25, 0.3) is 0 Å². The van der Waals surface area contributed by atoms with Crippen LogP contribution >= 0.6 is 0 Å². The average Bonchev–Trinajstić information content (AvgIpc) is 3.32. The second-order valence-corrected chi connectivity index (χ2v) is 6.70. The number of amidine groups is 1. The molecule has 1 atom stereocenters. The van der Waals surface area contributed by atoms with Gasteiger partial charge in [-0.2, -0.15) is 0 Å². The first-order valence-corrected chi connectivity index (χ1v) is 9.07. The van der Waals surface area contributed by atoms with E-state index in [0.29, 0.717) is 30.2 Å². The number of hydrogen-bond acceptors (Lipinski definition) is 5. The number of fused-ring (bicyclic) bond motifs is 2. The molecule has 4 N–H and O–H groups in total. The van der Waals surface area contributed by atoms with Crippen LogP contribution in [-0.4, -0.2) is 31.7 Å². The molecule has 28 heavy (non-hydrogen) atoms. The highest BCUT2D eigenvalue weighted by Gasteiger charge is 2.24. The Bertz CT molecular complexity index is 955. The minimum absolute atomic E-state index is 0.0374. The Labute approximate surface area is 162 Å². The van der Waals surface area contributed by atoms with Crippen molar-refractivity contribution in [3.63, 3.8) is 0 Å². The molecule has 0 spiro atoms. The third-order valence-electron chi connectivity index (χ3n) is 4.82. The Kier molecular flexibility index (Phi) is 4.89. The number of benzene rings is 2. The van der Waals surface area contributed by atoms with Crippen molar-refractivity contribution < 1.29 is 19.0 Å². The monoisotopic (exact) mass is 379 g/mol. The fourth-order valence-corrected chi connectivity index (χ4v) is 3.30. The van der Waals surface area contributed by atoms with Crippen LogP contribution in [0.15, 0.2) is 42.5 Å². The number of rotatable bonds is 6. The zero-order valence-electron chi connectivity index (χ0n) is 15.2. The van der Waals surface area contributed by atoms with E-state index in [1.54, 1.807) is 12.1 Å². The van der Waals surface area contributed by atoms with Crippen LogP contribution in [0.4, 0.5) is 0 Å². The van der Waals surface area contributed by atoms with Crippen molar-refractivity contribution in [3.05, 3.63) is 59.2 Å². The van der Waals surface area contributed by atoms with Crippen LogP contribution in [0.2, 0.25) is 0 Å². The number of ether oxygens (including phenoxy) is 3. The molecule has 0 saturated heterocycles. The third kappa shape index (κ3) is 3.78. The van der Waals surface area contributed by atoms with Gasteiger partial charge in [-0.25, -0.2) is 0 Å². The smallest absolute Gasteiger partial charge is 0.243 e. The Morgan fingerprint density at radius 1 is 1.14 bits per heavy atom. The maximum absolute atomic E-state index is 12.1. The summed E-state index contributed by atoms with van der Waals surface area (Å²) in [6, 6.07) is 11.1. The van der Waals surface area contributed by atoms with E-state index in [9.17, 15) is 4.79 Å². The first kappa shape index (κ1) is 17.9. The lowest BCUT2D eigenvalue weighted by atomic mass is 9.96. The summed E-state index contributed by atoms with van der Waals surface area (Å²) >= 11 is 0. The normalized spacial score (nSPS) is 16.6. The first-order valence-electron chi connectivity index (χ1n) is 9.07. The van der Waals surface area contributed by atoms with E-state index in [1.807, 2.05) is 30.3 Å². The van der Waals surface area contributed by atoms with Crippen molar-refractivity contribution in [2.45, 2.75) is 12.3 Å². The third-order valence-corrected chi connectivity index (χ3v) is 4.82. The molecule has 2 aliphatic heterocycles. The number of nitrogen functional groups attached to an aromatic ring is 1. The van der Waals surface area contributed by atoms with Crippen molar-refractivity contribution in [1.29, 1.82) is 5.41 Å². The molecule has 0 radical (unpaired) electrons. The van der Waals surface area contributed by atoms with Crippen LogP contribution < -0.4 is 25.3 Å². The molecule has 2 aromatic rings. The van der Waals surface area contributed by atoms with Gasteiger partial charge in [-0.1, -0.05) is 6.07 Å². The van der Waals surface area contributed by atoms with Crippen molar-refractivity contribution in [1.82, 2.24) is 5.32 Å². The van der Waals surface area contributed by atoms with Gasteiger partial charge in [0.15, 0.2) is 11.5 Å². The maximum Gasteiger partial charge on any atom is 0.243 e. The minimum atomic E-state index is -0.158. The van der Waals surface area contributed by atoms with Gasteiger partial charge in [0.2, 0.25) is 12.7 Å². The molecule has 1 unspecified atom stereocenters. The van der Waals surface area contributed by atoms with Gasteiger partial charge in [-0.15, -0.1) is 0 Å². The van der Waals surface area contributed by atoms with Crippen LogP contribution in [0.3, 0.4) is 0 Å². The van der Waals surface area contributed by atoms with Gasteiger partial charge in [-0.05, 0) is 48.4 Å². The highest BCUT2D eigenvalue weighted by molar-refractivity contribution is 5.95. The Hall–Kier alpha value is -3.48. The second kappa shape index (κ2) is 7.64. The van der Waals surface area contributed by atoms with Gasteiger partial charge >= 0.3 is 0 Å². The van der Waals surface area contributed by atoms with Gasteiger partial charge in [0, 0.05) is 29.7 Å². The van der Waals surface area contributed by atoms with Crippen LogP contribution in [0.5, 0.6) is 17.2 Å². The fourth-order valence-electron chi connectivity index (χ4n) is 3.30. The van der Waals surface area contributed by atoms with Gasteiger partial charge < -0.3 is 25.3 Å². The molecule has 0 aromatic heterocycles. The molecule has 0 fully saturated rings. The highest BCUT2D eigenvalue weighted by atomic mass is 16.7. The molecule has 0 saturated carbocycles. The number of amides is 1. The number of hydrogen-bond donors (Lipinski definition) is 3. The highest BCUT2D eigenvalue weighted by Crippen LogP contribution is 2.36. The Balaban J connectivity index is 1.30. The van der Waals surface area contributed by atoms with Gasteiger partial charge in [-0.3, -0.25) is 10.2 Å². The summed E-state index contributed by atoms with van der Waals surface area (Å²) in [5, 5.41) is 10.5. The number of carbonyl (C=O) groups excluding carboxylic acids is 1. The predicted molar refractivity (Wildman–Crippen MR) is 105 cm³/mol. The summed E-state index contributed by atoms with van der Waals surface area (Å²) in [4.78, 5) is 12.1. The Morgan fingerprint density at radius 3 is 2.82 bits per heavy atom. The molecule has 4 rings (SSSR count). The van der Waals surface area contributed by atoms with E-state index in [1.165, 1.54) is 6.08 Å². The second-order valence-electron chi connectivity index (χ2n) is 6.70. The van der Waals surface area contributed by atoms with E-state index in [0.717, 1.165) is 23.3 Å². The topological polar surface area (TPSA) is 107 Å². The average molecular weight is 379 g/mol. The van der Waals surface area contributed by atoms with Crippen molar-refractivity contribution in [2.75, 3.05) is 19.9 Å². The molecule has 7 heteroatoms. The van der Waals surface area contributed by atoms with E-state index >= 15 is 0 Å². The van der Waals surface area contributed by atoms with E-state index < -0.39 is 0 Å². The lowest BCUT2D eigenvalue weighted by molar-refractivity contribution is -0.116. The number of carbonyl (C=O) groups is 1. The molecule has 2 aromatic carbocycles. The van der Waals surface area contributed by atoms with Gasteiger partial charge in [0.05, 0.1) is 6.61 Å². The number of nitrogens with two attached hydrogens (primary N) is 1. The van der Waals surface area contributed by atoms with Gasteiger partial charge in [0.1, 0.15) is 11.6 Å². The lowest BCUT2D eigenvalue weighted by Crippen LogP contribution is -2.24. The molecule has 144 valence electrons. The van der Waals surface area contributed by atoms with E-state index in [2.05, 4.69) is 5.32 Å². The summed E-state index contributed by atoms with van der Waals surface area (Å²) in [6.45, 7) is 1.33. The standard InChI is InChI=1S/C21H21N3O4/c22-21(23)14-3-5-17-16(10-14)15(11-26-17)7-8-24-20(25)6-2-13-1-4-18-19(9-13)28-12-27-18/h1-6,9-10,15H,7-8,11-12H2,(H3,22,23)(H,24,25). The molecule has 0 bridgehead atoms. The summed E-state index contributed by atoms with van der Waals surface area (Å²) < 4.78 is 16.3. The molecular weight excluding hydrogens is 358 g/mol. The molecule has 1 amide bonds. The molecule has 0 aliphatic carbocycles. The zero-order valence-corrected chi connectivity index (χ0v) is 15.2. The van der Waals surface area contributed by atoms with Crippen LogP contribution in [0.1, 0.15) is 29.0 Å². The zero-order chi connectivity index (χ0) is 19.5. The van der Waals surface area contributed by atoms with Crippen LogP contribution in [-0.2, 0) is 4.79 Å². The summed E-state index contributed by atoms with van der Waals surface area (Å²) in [6.07, 6.45) is 3.99. The number of nitrogens with one attached hydrogen (secondary N) is 2. The molecule has 2 aliphatic rings. The summed E-state index contributed by atoms with van der Waals surface area (Å²) in [5.74, 6) is 2.28. The van der Waals surface area contributed by atoms with Crippen molar-refractivity contribution in [3.8, 4) is 17.2 Å². The van der Waals surface area contributed by atoms with Crippen molar-refractivity contribution >= 4 is 17.8 Å². The maximum atomic E-state index is 12.1. The lowest BCUT2D eigenvalue weighted by Gasteiger charge is -2.10. The molecule has 2 heterocycles. The fraction of sp³-hybridized carbons (Fsp3) is 0.238. The van der Waals surface area contributed by atoms with Crippen LogP contribution in [0, 0.1) is 5.41 Å². The molecular formula is C21H21N3O4. The quantitative estimate of drug-likeness (QED) is 0.406. The SMILES string of the molecule is N=C(N)c1ccc2c(c1)C(CCNC(=O)C=Cc1ccc3c(c1)OCO3)CO2. The molecule has 7 nitrogen and oxygen atoms in total. The first-order chi connectivity index (χ1) is 13.6. The predicted octanol–water partition coefficient (Wildman–Crippen LogP) is 2.40. The van der Waals surface area contributed by atoms with Crippen molar-refractivity contribution in [2.24, 2.45) is 5.73 Å². The van der Waals surface area contributed by atoms with Crippen LogP contribution in [0.25, 0.3) is 6.08 Å². The van der Waals surface area contributed by atoms with E-state index in [4.69, 9.17) is 25.4 Å². The van der Waals surface area contributed by atoms with E-state index in [-0.39, 0.29) is 24.5 Å². The largest absolute Gasteiger partial charge is 0.493 e.